The zero-order valence-electron chi connectivity index (χ0n) is 18.5. The number of aryl methyl sites for hydroxylation is 1. The summed E-state index contributed by atoms with van der Waals surface area (Å²) < 4.78 is 16.8. The van der Waals surface area contributed by atoms with Crippen LogP contribution in [-0.4, -0.2) is 57.9 Å². The molecule has 2 aromatic rings. The van der Waals surface area contributed by atoms with Gasteiger partial charge >= 0.3 is 0 Å². The Balaban J connectivity index is 1.67. The number of nitrogens with one attached hydrogen (secondary N) is 1. The molecule has 0 saturated carbocycles. The lowest BCUT2D eigenvalue weighted by Gasteiger charge is -2.35. The Hall–Kier alpha value is -2.73. The van der Waals surface area contributed by atoms with Gasteiger partial charge in [0.15, 0.2) is 17.5 Å². The summed E-state index contributed by atoms with van der Waals surface area (Å²) in [5, 5.41) is 3.44. The van der Waals surface area contributed by atoms with Crippen LogP contribution in [0.2, 0.25) is 0 Å². The minimum absolute atomic E-state index is 0.0645. The highest BCUT2D eigenvalue weighted by Crippen LogP contribution is 2.28. The van der Waals surface area contributed by atoms with E-state index in [1.54, 1.807) is 14.2 Å². The second-order valence-electron chi connectivity index (χ2n) is 7.34. The Labute approximate surface area is 179 Å². The van der Waals surface area contributed by atoms with Crippen LogP contribution in [0.3, 0.4) is 0 Å². The Kier molecular flexibility index (Phi) is 7.97. The number of benzene rings is 2. The summed E-state index contributed by atoms with van der Waals surface area (Å²) in [4.78, 5) is 7.19. The summed E-state index contributed by atoms with van der Waals surface area (Å²) in [5.74, 6) is 2.44. The molecule has 1 aliphatic rings. The van der Waals surface area contributed by atoms with Gasteiger partial charge < -0.3 is 24.4 Å². The van der Waals surface area contributed by atoms with E-state index in [0.717, 1.165) is 43.5 Å². The summed E-state index contributed by atoms with van der Waals surface area (Å²) >= 11 is 0. The highest BCUT2D eigenvalue weighted by Gasteiger charge is 2.25. The minimum atomic E-state index is 0.0645. The smallest absolute Gasteiger partial charge is 0.194 e. The van der Waals surface area contributed by atoms with E-state index in [2.05, 4.69) is 54.4 Å². The van der Waals surface area contributed by atoms with E-state index in [9.17, 15) is 0 Å². The molecular weight excluding hydrogens is 378 g/mol. The van der Waals surface area contributed by atoms with E-state index < -0.39 is 0 Å². The van der Waals surface area contributed by atoms with Crippen molar-refractivity contribution in [2.45, 2.75) is 26.4 Å². The van der Waals surface area contributed by atoms with E-state index >= 15 is 0 Å². The molecule has 0 bridgehead atoms. The molecule has 1 N–H and O–H groups in total. The number of hydrogen-bond donors (Lipinski definition) is 1. The molecule has 1 atom stereocenters. The van der Waals surface area contributed by atoms with E-state index in [4.69, 9.17) is 19.2 Å². The van der Waals surface area contributed by atoms with Gasteiger partial charge in [-0.3, -0.25) is 4.99 Å². The van der Waals surface area contributed by atoms with E-state index in [1.165, 1.54) is 16.7 Å². The van der Waals surface area contributed by atoms with Crippen molar-refractivity contribution in [2.24, 2.45) is 4.99 Å². The van der Waals surface area contributed by atoms with E-state index in [0.29, 0.717) is 13.2 Å². The van der Waals surface area contributed by atoms with Crippen molar-refractivity contribution in [1.29, 1.82) is 0 Å². The van der Waals surface area contributed by atoms with Crippen molar-refractivity contribution < 1.29 is 14.2 Å². The zero-order valence-corrected chi connectivity index (χ0v) is 18.5. The van der Waals surface area contributed by atoms with Gasteiger partial charge in [0.2, 0.25) is 0 Å². The first kappa shape index (κ1) is 22.0. The first-order valence-electron chi connectivity index (χ1n) is 10.6. The molecule has 6 heteroatoms. The van der Waals surface area contributed by atoms with Crippen LogP contribution in [0.25, 0.3) is 0 Å². The van der Waals surface area contributed by atoms with Gasteiger partial charge in [-0.1, -0.05) is 30.3 Å². The fourth-order valence-corrected chi connectivity index (χ4v) is 3.73. The Morgan fingerprint density at radius 2 is 1.97 bits per heavy atom. The van der Waals surface area contributed by atoms with E-state index in [-0.39, 0.29) is 6.10 Å². The maximum atomic E-state index is 6.07. The fraction of sp³-hybridized carbons (Fsp3) is 0.458. The largest absolute Gasteiger partial charge is 0.493 e. The van der Waals surface area contributed by atoms with Crippen molar-refractivity contribution >= 4 is 5.96 Å². The molecule has 1 heterocycles. The van der Waals surface area contributed by atoms with Gasteiger partial charge in [0.25, 0.3) is 0 Å². The number of rotatable bonds is 7. The third kappa shape index (κ3) is 5.45. The standard InChI is InChI=1S/C24H33N3O3/c1-5-25-24(26-13-12-19-10-11-21(28-3)22(16-19)29-4)27-14-15-30-23(17-27)20-9-7-6-8-18(20)2/h6-11,16,23H,5,12-15,17H2,1-4H3,(H,25,26). The molecule has 30 heavy (non-hydrogen) atoms. The number of methoxy groups -OCH3 is 2. The predicted octanol–water partition coefficient (Wildman–Crippen LogP) is 3.59. The quantitative estimate of drug-likeness (QED) is 0.557. The number of ether oxygens (including phenoxy) is 3. The van der Waals surface area contributed by atoms with Gasteiger partial charge in [0.1, 0.15) is 6.10 Å². The molecule has 0 spiro atoms. The van der Waals surface area contributed by atoms with Crippen LogP contribution in [0, 0.1) is 6.92 Å². The lowest BCUT2D eigenvalue weighted by Crippen LogP contribution is -2.48. The average molecular weight is 412 g/mol. The molecule has 0 aliphatic carbocycles. The maximum absolute atomic E-state index is 6.07. The van der Waals surface area contributed by atoms with Crippen LogP contribution in [0.15, 0.2) is 47.5 Å². The average Bonchev–Trinajstić information content (AvgIpc) is 2.78. The molecule has 0 amide bonds. The second kappa shape index (κ2) is 10.9. The van der Waals surface area contributed by atoms with Gasteiger partial charge in [-0.25, -0.2) is 0 Å². The van der Waals surface area contributed by atoms with E-state index in [1.807, 2.05) is 12.1 Å². The first-order valence-corrected chi connectivity index (χ1v) is 10.6. The number of hydrogen-bond acceptors (Lipinski definition) is 4. The van der Waals surface area contributed by atoms with Gasteiger partial charge in [-0.05, 0) is 49.1 Å². The normalized spacial score (nSPS) is 17.0. The molecule has 6 nitrogen and oxygen atoms in total. The molecule has 1 fully saturated rings. The fourth-order valence-electron chi connectivity index (χ4n) is 3.73. The van der Waals surface area contributed by atoms with Crippen LogP contribution in [0.1, 0.15) is 29.7 Å². The molecule has 0 radical (unpaired) electrons. The summed E-state index contributed by atoms with van der Waals surface area (Å²) in [6.07, 6.45) is 0.899. The van der Waals surface area contributed by atoms with Crippen molar-refractivity contribution in [2.75, 3.05) is 47.0 Å². The minimum Gasteiger partial charge on any atom is -0.493 e. The van der Waals surface area contributed by atoms with Crippen LogP contribution < -0.4 is 14.8 Å². The lowest BCUT2D eigenvalue weighted by atomic mass is 10.0. The molecular formula is C24H33N3O3. The number of aliphatic imine (C=N–C) groups is 1. The molecule has 162 valence electrons. The summed E-state index contributed by atoms with van der Waals surface area (Å²) in [5.41, 5.74) is 3.69. The SMILES string of the molecule is CCNC(=NCCc1ccc(OC)c(OC)c1)N1CCOC(c2ccccc2C)C1. The molecule has 0 aromatic heterocycles. The third-order valence-electron chi connectivity index (χ3n) is 5.35. The summed E-state index contributed by atoms with van der Waals surface area (Å²) in [6, 6.07) is 14.5. The van der Waals surface area contributed by atoms with Crippen molar-refractivity contribution in [1.82, 2.24) is 10.2 Å². The second-order valence-corrected chi connectivity index (χ2v) is 7.34. The third-order valence-corrected chi connectivity index (χ3v) is 5.35. The Morgan fingerprint density at radius 3 is 2.70 bits per heavy atom. The van der Waals surface area contributed by atoms with Crippen LogP contribution >= 0.6 is 0 Å². The highest BCUT2D eigenvalue weighted by atomic mass is 16.5. The lowest BCUT2D eigenvalue weighted by molar-refractivity contribution is -0.00832. The van der Waals surface area contributed by atoms with Gasteiger partial charge in [-0.2, -0.15) is 0 Å². The van der Waals surface area contributed by atoms with Crippen molar-refractivity contribution in [3.63, 3.8) is 0 Å². The monoisotopic (exact) mass is 411 g/mol. The first-order chi connectivity index (χ1) is 14.7. The topological polar surface area (TPSA) is 55.3 Å². The Bertz CT molecular complexity index is 853. The number of morpholine rings is 1. The van der Waals surface area contributed by atoms with Gasteiger partial charge in [-0.15, -0.1) is 0 Å². The maximum Gasteiger partial charge on any atom is 0.194 e. The molecule has 1 saturated heterocycles. The van der Waals surface area contributed by atoms with Gasteiger partial charge in [0.05, 0.1) is 27.4 Å². The van der Waals surface area contributed by atoms with Crippen LogP contribution in [-0.2, 0) is 11.2 Å². The molecule has 1 unspecified atom stereocenters. The Morgan fingerprint density at radius 1 is 1.17 bits per heavy atom. The summed E-state index contributed by atoms with van der Waals surface area (Å²) in [7, 11) is 3.31. The van der Waals surface area contributed by atoms with Crippen molar-refractivity contribution in [3.8, 4) is 11.5 Å². The van der Waals surface area contributed by atoms with Crippen LogP contribution in [0.4, 0.5) is 0 Å². The molecule has 2 aromatic carbocycles. The zero-order chi connectivity index (χ0) is 21.3. The van der Waals surface area contributed by atoms with Gasteiger partial charge in [0, 0.05) is 19.6 Å². The number of nitrogens with zero attached hydrogens (tertiary/aromatic N) is 2. The molecule has 3 rings (SSSR count). The summed E-state index contributed by atoms with van der Waals surface area (Å²) in [6.45, 7) is 8.10. The highest BCUT2D eigenvalue weighted by molar-refractivity contribution is 5.80. The molecule has 1 aliphatic heterocycles. The van der Waals surface area contributed by atoms with Crippen LogP contribution in [0.5, 0.6) is 11.5 Å². The predicted molar refractivity (Wildman–Crippen MR) is 121 cm³/mol. The van der Waals surface area contributed by atoms with Crippen molar-refractivity contribution in [3.05, 3.63) is 59.2 Å². The number of guanidine groups is 1.